The highest BCUT2D eigenvalue weighted by molar-refractivity contribution is 6.05. The number of unbranched alkanes of at least 4 members (excludes halogenated alkanes) is 5. The number of hydrogen-bond donors (Lipinski definition) is 2. The molecule has 2 amide bonds. The van der Waals surface area contributed by atoms with Gasteiger partial charge in [0.25, 0.3) is 11.8 Å². The Morgan fingerprint density at radius 3 is 2.48 bits per heavy atom. The fourth-order valence-electron chi connectivity index (χ4n) is 3.31. The lowest BCUT2D eigenvalue weighted by Gasteiger charge is -2.11. The second-order valence-electron chi connectivity index (χ2n) is 7.51. The molecule has 164 valence electrons. The molecule has 0 saturated carbocycles. The molecule has 0 unspecified atom stereocenters. The topological polar surface area (TPSA) is 76.7 Å². The van der Waals surface area contributed by atoms with Crippen molar-refractivity contribution in [3.63, 3.8) is 0 Å². The van der Waals surface area contributed by atoms with Crippen molar-refractivity contribution >= 4 is 17.9 Å². The van der Waals surface area contributed by atoms with Gasteiger partial charge in [-0.05, 0) is 42.3 Å². The Morgan fingerprint density at radius 2 is 1.68 bits per heavy atom. The van der Waals surface area contributed by atoms with E-state index in [1.165, 1.54) is 25.7 Å². The van der Waals surface area contributed by atoms with Gasteiger partial charge in [0, 0.05) is 12.1 Å². The van der Waals surface area contributed by atoms with Crippen molar-refractivity contribution in [3.05, 3.63) is 65.4 Å². The van der Waals surface area contributed by atoms with Crippen LogP contribution in [0.2, 0.25) is 0 Å². The lowest BCUT2D eigenvalue weighted by molar-refractivity contribution is -0.117. The van der Waals surface area contributed by atoms with Gasteiger partial charge in [-0.2, -0.15) is 0 Å². The van der Waals surface area contributed by atoms with Gasteiger partial charge in [-0.3, -0.25) is 9.59 Å². The molecule has 0 aromatic heterocycles. The van der Waals surface area contributed by atoms with E-state index in [9.17, 15) is 9.59 Å². The van der Waals surface area contributed by atoms with E-state index < -0.39 is 0 Å². The van der Waals surface area contributed by atoms with E-state index in [1.807, 2.05) is 12.1 Å². The predicted octanol–water partition coefficient (Wildman–Crippen LogP) is 4.66. The maximum atomic E-state index is 12.8. The number of carbonyl (C=O) groups excluding carboxylic acids is 2. The number of ether oxygens (including phenoxy) is 2. The maximum Gasteiger partial charge on any atom is 0.267 e. The van der Waals surface area contributed by atoms with Gasteiger partial charge in [0.2, 0.25) is 6.79 Å². The summed E-state index contributed by atoms with van der Waals surface area (Å²) in [7, 11) is 0. The summed E-state index contributed by atoms with van der Waals surface area (Å²) in [5.41, 5.74) is 1.42. The number of rotatable bonds is 11. The van der Waals surface area contributed by atoms with Crippen molar-refractivity contribution < 1.29 is 19.1 Å². The average molecular weight is 423 g/mol. The Labute approximate surface area is 183 Å². The predicted molar refractivity (Wildman–Crippen MR) is 121 cm³/mol. The Bertz CT molecular complexity index is 909. The van der Waals surface area contributed by atoms with Gasteiger partial charge < -0.3 is 20.1 Å². The van der Waals surface area contributed by atoms with Crippen LogP contribution in [0.4, 0.5) is 0 Å². The van der Waals surface area contributed by atoms with E-state index in [0.29, 0.717) is 23.6 Å². The van der Waals surface area contributed by atoms with Gasteiger partial charge in [-0.1, -0.05) is 63.3 Å². The molecule has 2 aromatic rings. The molecule has 0 radical (unpaired) electrons. The number of fused-ring (bicyclic) bond motifs is 1. The fourth-order valence-corrected chi connectivity index (χ4v) is 3.31. The van der Waals surface area contributed by atoms with Gasteiger partial charge in [0.05, 0.1) is 0 Å². The van der Waals surface area contributed by atoms with Crippen molar-refractivity contribution in [1.29, 1.82) is 0 Å². The third-order valence-corrected chi connectivity index (χ3v) is 5.05. The molecule has 1 aliphatic heterocycles. The first-order valence-electron chi connectivity index (χ1n) is 10.9. The molecule has 0 aliphatic carbocycles. The van der Waals surface area contributed by atoms with Crippen molar-refractivity contribution in [2.75, 3.05) is 13.3 Å². The normalized spacial score (nSPS) is 12.5. The summed E-state index contributed by atoms with van der Waals surface area (Å²) >= 11 is 0. The highest BCUT2D eigenvalue weighted by Crippen LogP contribution is 2.33. The summed E-state index contributed by atoms with van der Waals surface area (Å²) in [5.74, 6) is 0.646. The van der Waals surface area contributed by atoms with Gasteiger partial charge in [0.15, 0.2) is 11.5 Å². The standard InChI is InChI=1S/C25H30N2O4/c1-2-3-4-5-6-10-15-26-25(29)21(27-24(28)20-11-8-7-9-12-20)16-19-13-14-22-23(17-19)31-18-30-22/h7-9,11-14,16-17H,2-6,10,15,18H2,1H3,(H,26,29)(H,27,28)/b21-16-. The summed E-state index contributed by atoms with van der Waals surface area (Å²) < 4.78 is 10.7. The summed E-state index contributed by atoms with van der Waals surface area (Å²) in [5, 5.41) is 5.68. The van der Waals surface area contributed by atoms with Gasteiger partial charge in [0.1, 0.15) is 5.70 Å². The number of benzene rings is 2. The Kier molecular flexibility index (Phi) is 8.52. The first kappa shape index (κ1) is 22.4. The SMILES string of the molecule is CCCCCCCCNC(=O)/C(=C/c1ccc2c(c1)OCO2)NC(=O)c1ccccc1. The zero-order chi connectivity index (χ0) is 21.9. The molecule has 6 heteroatoms. The molecule has 0 spiro atoms. The van der Waals surface area contributed by atoms with Crippen LogP contribution < -0.4 is 20.1 Å². The number of hydrogen-bond acceptors (Lipinski definition) is 4. The van der Waals surface area contributed by atoms with Crippen LogP contribution >= 0.6 is 0 Å². The smallest absolute Gasteiger partial charge is 0.267 e. The molecule has 31 heavy (non-hydrogen) atoms. The van der Waals surface area contributed by atoms with Crippen LogP contribution in [0.25, 0.3) is 6.08 Å². The van der Waals surface area contributed by atoms with Crippen LogP contribution in [0.15, 0.2) is 54.2 Å². The van der Waals surface area contributed by atoms with E-state index in [-0.39, 0.29) is 24.3 Å². The Morgan fingerprint density at radius 1 is 0.935 bits per heavy atom. The molecular formula is C25H30N2O4. The molecule has 0 fully saturated rings. The highest BCUT2D eigenvalue weighted by atomic mass is 16.7. The molecule has 2 N–H and O–H groups in total. The first-order valence-corrected chi connectivity index (χ1v) is 10.9. The summed E-state index contributed by atoms with van der Waals surface area (Å²) in [6.07, 6.45) is 8.52. The Balaban J connectivity index is 1.66. The highest BCUT2D eigenvalue weighted by Gasteiger charge is 2.16. The molecule has 3 rings (SSSR count). The molecule has 6 nitrogen and oxygen atoms in total. The van der Waals surface area contributed by atoms with Crippen molar-refractivity contribution in [3.8, 4) is 11.5 Å². The minimum absolute atomic E-state index is 0.179. The zero-order valence-electron chi connectivity index (χ0n) is 18.0. The van der Waals surface area contributed by atoms with E-state index in [1.54, 1.807) is 42.5 Å². The maximum absolute atomic E-state index is 12.8. The third-order valence-electron chi connectivity index (χ3n) is 5.05. The van der Waals surface area contributed by atoms with Crippen LogP contribution in [0.3, 0.4) is 0 Å². The van der Waals surface area contributed by atoms with Crippen LogP contribution in [0.5, 0.6) is 11.5 Å². The monoisotopic (exact) mass is 422 g/mol. The van der Waals surface area contributed by atoms with Crippen molar-refractivity contribution in [1.82, 2.24) is 10.6 Å². The largest absolute Gasteiger partial charge is 0.454 e. The Hall–Kier alpha value is -3.28. The minimum atomic E-state index is -0.331. The number of nitrogens with one attached hydrogen (secondary N) is 2. The molecule has 0 bridgehead atoms. The van der Waals surface area contributed by atoms with E-state index in [4.69, 9.17) is 9.47 Å². The molecular weight excluding hydrogens is 392 g/mol. The molecule has 1 aliphatic rings. The van der Waals surface area contributed by atoms with Crippen LogP contribution in [0, 0.1) is 0 Å². The van der Waals surface area contributed by atoms with Gasteiger partial charge in [-0.15, -0.1) is 0 Å². The lowest BCUT2D eigenvalue weighted by atomic mass is 10.1. The third kappa shape index (κ3) is 6.88. The zero-order valence-corrected chi connectivity index (χ0v) is 18.0. The molecule has 0 saturated heterocycles. The average Bonchev–Trinajstić information content (AvgIpc) is 3.26. The van der Waals surface area contributed by atoms with Gasteiger partial charge >= 0.3 is 0 Å². The van der Waals surface area contributed by atoms with Crippen LogP contribution in [-0.2, 0) is 4.79 Å². The van der Waals surface area contributed by atoms with Crippen molar-refractivity contribution in [2.45, 2.75) is 45.4 Å². The first-order chi connectivity index (χ1) is 15.2. The van der Waals surface area contributed by atoms with Crippen LogP contribution in [0.1, 0.15) is 61.4 Å². The number of amides is 2. The number of carbonyl (C=O) groups is 2. The summed E-state index contributed by atoms with van der Waals surface area (Å²) in [6.45, 7) is 2.95. The molecule has 0 atom stereocenters. The summed E-state index contributed by atoms with van der Waals surface area (Å²) in [4.78, 5) is 25.5. The molecule has 1 heterocycles. The molecule has 2 aromatic carbocycles. The summed E-state index contributed by atoms with van der Waals surface area (Å²) in [6, 6.07) is 14.2. The quantitative estimate of drug-likeness (QED) is 0.408. The van der Waals surface area contributed by atoms with E-state index >= 15 is 0 Å². The second-order valence-corrected chi connectivity index (χ2v) is 7.51. The van der Waals surface area contributed by atoms with E-state index in [2.05, 4.69) is 17.6 Å². The lowest BCUT2D eigenvalue weighted by Crippen LogP contribution is -2.35. The fraction of sp³-hybridized carbons (Fsp3) is 0.360. The van der Waals surface area contributed by atoms with Crippen LogP contribution in [-0.4, -0.2) is 25.2 Å². The van der Waals surface area contributed by atoms with E-state index in [0.717, 1.165) is 18.4 Å². The van der Waals surface area contributed by atoms with Crippen molar-refractivity contribution in [2.24, 2.45) is 0 Å². The second kappa shape index (κ2) is 11.8. The van der Waals surface area contributed by atoms with Gasteiger partial charge in [-0.25, -0.2) is 0 Å². The minimum Gasteiger partial charge on any atom is -0.454 e.